The molecule has 0 unspecified atom stereocenters. The summed E-state index contributed by atoms with van der Waals surface area (Å²) in [6, 6.07) is 7.66. The monoisotopic (exact) mass is 328 g/mol. The Kier molecular flexibility index (Phi) is 5.58. The third-order valence-electron chi connectivity index (χ3n) is 3.92. The molecule has 0 radical (unpaired) electrons. The maximum atomic E-state index is 12.3. The van der Waals surface area contributed by atoms with Crippen LogP contribution in [-0.4, -0.2) is 44.8 Å². The molecule has 23 heavy (non-hydrogen) atoms. The van der Waals surface area contributed by atoms with Crippen LogP contribution in [0.3, 0.4) is 0 Å². The van der Waals surface area contributed by atoms with Crippen LogP contribution in [0.2, 0.25) is 0 Å². The second kappa shape index (κ2) is 8.06. The van der Waals surface area contributed by atoms with Gasteiger partial charge in [0, 0.05) is 31.0 Å². The third kappa shape index (κ3) is 4.51. The highest BCUT2D eigenvalue weighted by molar-refractivity contribution is 7.99. The Morgan fingerprint density at radius 3 is 2.39 bits per heavy atom. The topological polar surface area (TPSA) is 59.0 Å². The standard InChI is InChI=1S/C17H20N4OS/c22-17(21-11-3-1-2-4-12-21)13-23-16-6-5-15(19-20-16)14-7-9-18-10-8-14/h5-10H,1-4,11-13H2. The number of carbonyl (C=O) groups is 1. The fraction of sp³-hybridized carbons (Fsp3) is 0.412. The van der Waals surface area contributed by atoms with Gasteiger partial charge in [-0.1, -0.05) is 24.6 Å². The van der Waals surface area contributed by atoms with Gasteiger partial charge in [0.05, 0.1) is 11.4 Å². The maximum absolute atomic E-state index is 12.3. The van der Waals surface area contributed by atoms with E-state index in [1.54, 1.807) is 12.4 Å². The minimum absolute atomic E-state index is 0.205. The van der Waals surface area contributed by atoms with Crippen molar-refractivity contribution < 1.29 is 4.79 Å². The Morgan fingerprint density at radius 1 is 1.00 bits per heavy atom. The molecule has 2 aromatic rings. The molecule has 0 spiro atoms. The largest absolute Gasteiger partial charge is 0.342 e. The lowest BCUT2D eigenvalue weighted by atomic mass is 10.2. The summed E-state index contributed by atoms with van der Waals surface area (Å²) in [5.41, 5.74) is 1.81. The predicted molar refractivity (Wildman–Crippen MR) is 91.0 cm³/mol. The number of aromatic nitrogens is 3. The Labute approximate surface area is 140 Å². The van der Waals surface area contributed by atoms with Gasteiger partial charge in [0.2, 0.25) is 5.91 Å². The molecule has 3 heterocycles. The molecule has 0 N–H and O–H groups in total. The zero-order valence-corrected chi connectivity index (χ0v) is 13.8. The average molecular weight is 328 g/mol. The molecule has 1 aliphatic rings. The van der Waals surface area contributed by atoms with Crippen LogP contribution in [0.1, 0.15) is 25.7 Å². The van der Waals surface area contributed by atoms with E-state index in [1.165, 1.54) is 24.6 Å². The van der Waals surface area contributed by atoms with Gasteiger partial charge in [-0.05, 0) is 37.1 Å². The van der Waals surface area contributed by atoms with Crippen LogP contribution >= 0.6 is 11.8 Å². The van der Waals surface area contributed by atoms with Crippen molar-refractivity contribution in [2.24, 2.45) is 0 Å². The highest BCUT2D eigenvalue weighted by Gasteiger charge is 2.15. The maximum Gasteiger partial charge on any atom is 0.232 e. The predicted octanol–water partition coefficient (Wildman–Crippen LogP) is 3.03. The minimum atomic E-state index is 0.205. The van der Waals surface area contributed by atoms with Gasteiger partial charge in [-0.25, -0.2) is 0 Å². The van der Waals surface area contributed by atoms with E-state index in [1.807, 2.05) is 29.2 Å². The van der Waals surface area contributed by atoms with Crippen LogP contribution < -0.4 is 0 Å². The van der Waals surface area contributed by atoms with Crippen molar-refractivity contribution in [1.82, 2.24) is 20.1 Å². The van der Waals surface area contributed by atoms with Crippen LogP contribution in [0.5, 0.6) is 0 Å². The van der Waals surface area contributed by atoms with Crippen molar-refractivity contribution in [1.29, 1.82) is 0 Å². The van der Waals surface area contributed by atoms with Crippen molar-refractivity contribution in [3.05, 3.63) is 36.7 Å². The summed E-state index contributed by atoms with van der Waals surface area (Å²) in [6.07, 6.45) is 8.19. The van der Waals surface area contributed by atoms with Gasteiger partial charge >= 0.3 is 0 Å². The first kappa shape index (κ1) is 15.9. The second-order valence-electron chi connectivity index (χ2n) is 5.58. The molecule has 0 aromatic carbocycles. The first-order valence-electron chi connectivity index (χ1n) is 7.97. The number of hydrogen-bond donors (Lipinski definition) is 0. The van der Waals surface area contributed by atoms with Crippen molar-refractivity contribution in [2.75, 3.05) is 18.8 Å². The summed E-state index contributed by atoms with van der Waals surface area (Å²) in [5.74, 6) is 0.639. The number of carbonyl (C=O) groups excluding carboxylic acids is 1. The van der Waals surface area contributed by atoms with Crippen molar-refractivity contribution in [3.8, 4) is 11.3 Å². The lowest BCUT2D eigenvalue weighted by Crippen LogP contribution is -2.33. The van der Waals surface area contributed by atoms with Gasteiger partial charge in [0.15, 0.2) is 0 Å². The molecule has 0 aliphatic carbocycles. The molecule has 1 fully saturated rings. The van der Waals surface area contributed by atoms with Crippen molar-refractivity contribution in [2.45, 2.75) is 30.7 Å². The van der Waals surface area contributed by atoms with E-state index in [0.29, 0.717) is 5.75 Å². The second-order valence-corrected chi connectivity index (χ2v) is 6.57. The Bertz CT molecular complexity index is 625. The molecule has 3 rings (SSSR count). The number of nitrogens with zero attached hydrogens (tertiary/aromatic N) is 4. The van der Waals surface area contributed by atoms with Crippen LogP contribution in [0.25, 0.3) is 11.3 Å². The van der Waals surface area contributed by atoms with Crippen LogP contribution in [0.15, 0.2) is 41.7 Å². The van der Waals surface area contributed by atoms with E-state index in [0.717, 1.165) is 42.2 Å². The molecular formula is C17H20N4OS. The molecule has 1 aliphatic heterocycles. The van der Waals surface area contributed by atoms with Crippen molar-refractivity contribution >= 4 is 17.7 Å². The number of thioether (sulfide) groups is 1. The number of pyridine rings is 1. The summed E-state index contributed by atoms with van der Waals surface area (Å²) in [7, 11) is 0. The Balaban J connectivity index is 1.55. The lowest BCUT2D eigenvalue weighted by molar-refractivity contribution is -0.128. The van der Waals surface area contributed by atoms with Crippen LogP contribution in [-0.2, 0) is 4.79 Å². The zero-order valence-electron chi connectivity index (χ0n) is 13.0. The van der Waals surface area contributed by atoms with E-state index in [4.69, 9.17) is 0 Å². The third-order valence-corrected chi connectivity index (χ3v) is 4.82. The van der Waals surface area contributed by atoms with Gasteiger partial charge in [-0.3, -0.25) is 9.78 Å². The molecule has 6 heteroatoms. The van der Waals surface area contributed by atoms with Crippen molar-refractivity contribution in [3.63, 3.8) is 0 Å². The van der Waals surface area contributed by atoms with Gasteiger partial charge in [0.1, 0.15) is 5.03 Å². The summed E-state index contributed by atoms with van der Waals surface area (Å²) in [6.45, 7) is 1.79. The minimum Gasteiger partial charge on any atom is -0.342 e. The molecule has 1 amide bonds. The molecule has 0 saturated carbocycles. The fourth-order valence-corrected chi connectivity index (χ4v) is 3.34. The quantitative estimate of drug-likeness (QED) is 0.807. The first-order chi connectivity index (χ1) is 11.3. The number of hydrogen-bond acceptors (Lipinski definition) is 5. The molecular weight excluding hydrogens is 308 g/mol. The summed E-state index contributed by atoms with van der Waals surface area (Å²) < 4.78 is 0. The fourth-order valence-electron chi connectivity index (χ4n) is 2.62. The van der Waals surface area contributed by atoms with E-state index in [2.05, 4.69) is 15.2 Å². The summed E-state index contributed by atoms with van der Waals surface area (Å²) in [4.78, 5) is 18.2. The summed E-state index contributed by atoms with van der Waals surface area (Å²) in [5, 5.41) is 9.23. The molecule has 2 aromatic heterocycles. The highest BCUT2D eigenvalue weighted by Crippen LogP contribution is 2.20. The molecule has 120 valence electrons. The Hall–Kier alpha value is -1.95. The average Bonchev–Trinajstić information content (AvgIpc) is 2.90. The Morgan fingerprint density at radius 2 is 1.74 bits per heavy atom. The van der Waals surface area contributed by atoms with Gasteiger partial charge in [-0.2, -0.15) is 0 Å². The van der Waals surface area contributed by atoms with E-state index in [9.17, 15) is 4.79 Å². The molecule has 1 saturated heterocycles. The van der Waals surface area contributed by atoms with Crippen LogP contribution in [0.4, 0.5) is 0 Å². The number of likely N-dealkylation sites (tertiary alicyclic amines) is 1. The number of amides is 1. The smallest absolute Gasteiger partial charge is 0.232 e. The first-order valence-corrected chi connectivity index (χ1v) is 8.96. The SMILES string of the molecule is O=C(CSc1ccc(-c2ccncc2)nn1)N1CCCCCC1. The summed E-state index contributed by atoms with van der Waals surface area (Å²) >= 11 is 1.46. The normalized spacial score (nSPS) is 15.2. The van der Waals surface area contributed by atoms with E-state index in [-0.39, 0.29) is 5.91 Å². The van der Waals surface area contributed by atoms with Crippen LogP contribution in [0, 0.1) is 0 Å². The number of rotatable bonds is 4. The molecule has 0 bridgehead atoms. The molecule has 5 nitrogen and oxygen atoms in total. The van der Waals surface area contributed by atoms with Gasteiger partial charge < -0.3 is 4.90 Å². The van der Waals surface area contributed by atoms with Gasteiger partial charge in [-0.15, -0.1) is 10.2 Å². The lowest BCUT2D eigenvalue weighted by Gasteiger charge is -2.19. The molecule has 0 atom stereocenters. The van der Waals surface area contributed by atoms with E-state index >= 15 is 0 Å². The zero-order chi connectivity index (χ0) is 15.9. The highest BCUT2D eigenvalue weighted by atomic mass is 32.2. The van der Waals surface area contributed by atoms with E-state index < -0.39 is 0 Å². The van der Waals surface area contributed by atoms with Gasteiger partial charge in [0.25, 0.3) is 0 Å².